The van der Waals surface area contributed by atoms with Crippen molar-refractivity contribution in [3.05, 3.63) is 124 Å². The maximum atomic E-state index is 12.9. The first-order valence-corrected chi connectivity index (χ1v) is 14.9. The van der Waals surface area contributed by atoms with Crippen molar-refractivity contribution in [2.75, 3.05) is 18.5 Å². The van der Waals surface area contributed by atoms with Gasteiger partial charge in [0.25, 0.3) is 5.69 Å². The van der Waals surface area contributed by atoms with Gasteiger partial charge in [0.1, 0.15) is 18.9 Å². The predicted octanol–water partition coefficient (Wildman–Crippen LogP) is 5.98. The summed E-state index contributed by atoms with van der Waals surface area (Å²) in [6.07, 6.45) is 3.04. The molecule has 42 heavy (non-hydrogen) atoms. The van der Waals surface area contributed by atoms with Crippen LogP contribution in [0, 0.1) is 10.1 Å². The van der Waals surface area contributed by atoms with Crippen LogP contribution in [0.2, 0.25) is 0 Å². The van der Waals surface area contributed by atoms with Crippen LogP contribution in [0.15, 0.2) is 107 Å². The molecule has 1 saturated heterocycles. The molecule has 216 valence electrons. The van der Waals surface area contributed by atoms with Crippen LogP contribution in [0.25, 0.3) is 0 Å². The van der Waals surface area contributed by atoms with E-state index < -0.39 is 14.9 Å². The number of benzene rings is 4. The SMILES string of the molecule is O=[N+]([O-])c1cc(S(=O)(=O)N2CCCC2)ccc1NN=Cc1ccc(OCc2ccccc2)c(OCc2ccccc2)c1. The van der Waals surface area contributed by atoms with E-state index >= 15 is 0 Å². The van der Waals surface area contributed by atoms with Crippen LogP contribution in [0.3, 0.4) is 0 Å². The summed E-state index contributed by atoms with van der Waals surface area (Å²) >= 11 is 0. The van der Waals surface area contributed by atoms with E-state index in [9.17, 15) is 18.5 Å². The molecule has 11 heteroatoms. The van der Waals surface area contributed by atoms with Crippen molar-refractivity contribution < 1.29 is 22.8 Å². The first-order valence-electron chi connectivity index (χ1n) is 13.5. The molecule has 0 bridgehead atoms. The van der Waals surface area contributed by atoms with Crippen molar-refractivity contribution in [1.29, 1.82) is 0 Å². The van der Waals surface area contributed by atoms with E-state index in [0.717, 1.165) is 30.0 Å². The van der Waals surface area contributed by atoms with Crippen LogP contribution in [0.4, 0.5) is 11.4 Å². The first kappa shape index (κ1) is 28.8. The van der Waals surface area contributed by atoms with E-state index in [0.29, 0.717) is 43.4 Å². The van der Waals surface area contributed by atoms with Crippen molar-refractivity contribution in [3.63, 3.8) is 0 Å². The Labute approximate surface area is 244 Å². The van der Waals surface area contributed by atoms with E-state index in [1.54, 1.807) is 18.2 Å². The zero-order valence-corrected chi connectivity index (χ0v) is 23.6. The molecule has 0 atom stereocenters. The van der Waals surface area contributed by atoms with Gasteiger partial charge in [-0.05, 0) is 59.9 Å². The summed E-state index contributed by atoms with van der Waals surface area (Å²) in [6, 6.07) is 28.7. The molecular formula is C31H30N4O6S. The highest BCUT2D eigenvalue weighted by Crippen LogP contribution is 2.31. The Morgan fingerprint density at radius 3 is 2.07 bits per heavy atom. The Balaban J connectivity index is 1.33. The normalized spacial score (nSPS) is 13.7. The van der Waals surface area contributed by atoms with Crippen LogP contribution in [-0.2, 0) is 23.2 Å². The van der Waals surface area contributed by atoms with Crippen molar-refractivity contribution >= 4 is 27.6 Å². The van der Waals surface area contributed by atoms with Crippen LogP contribution < -0.4 is 14.9 Å². The molecule has 1 aliphatic heterocycles. The third-order valence-corrected chi connectivity index (χ3v) is 8.60. The molecule has 1 N–H and O–H groups in total. The lowest BCUT2D eigenvalue weighted by Gasteiger charge is -2.15. The summed E-state index contributed by atoms with van der Waals surface area (Å²) < 4.78 is 39.3. The van der Waals surface area contributed by atoms with Gasteiger partial charge in [-0.1, -0.05) is 60.7 Å². The number of sulfonamides is 1. The average molecular weight is 587 g/mol. The second-order valence-corrected chi connectivity index (χ2v) is 11.6. The highest BCUT2D eigenvalue weighted by atomic mass is 32.2. The zero-order chi connectivity index (χ0) is 29.4. The third kappa shape index (κ3) is 7.12. The fraction of sp³-hybridized carbons (Fsp3) is 0.194. The van der Waals surface area contributed by atoms with E-state index in [1.165, 1.54) is 22.7 Å². The number of hydrogen-bond acceptors (Lipinski definition) is 8. The standard InChI is InChI=1S/C31H30N4O6S/c36-35(37)29-20-27(42(38,39)34-17-7-8-18-34)14-15-28(29)33-32-21-26-13-16-30(40-22-24-9-3-1-4-10-24)31(19-26)41-23-25-11-5-2-6-12-25/h1-6,9-16,19-21,33H,7-8,17-18,22-23H2. The van der Waals surface area contributed by atoms with Crippen LogP contribution in [0.5, 0.6) is 11.5 Å². The Morgan fingerprint density at radius 1 is 0.833 bits per heavy atom. The number of hydrogen-bond donors (Lipinski definition) is 1. The smallest absolute Gasteiger partial charge is 0.295 e. The Kier molecular flexibility index (Phi) is 9.10. The quantitative estimate of drug-likeness (QED) is 0.123. The second kappa shape index (κ2) is 13.3. The van der Waals surface area contributed by atoms with Gasteiger partial charge in [-0.25, -0.2) is 8.42 Å². The number of nitrogens with one attached hydrogen (secondary N) is 1. The molecule has 1 heterocycles. The van der Waals surface area contributed by atoms with Crippen molar-refractivity contribution in [2.45, 2.75) is 31.0 Å². The lowest BCUT2D eigenvalue weighted by molar-refractivity contribution is -0.384. The van der Waals surface area contributed by atoms with Gasteiger partial charge in [-0.2, -0.15) is 9.41 Å². The number of nitro groups is 1. The summed E-state index contributed by atoms with van der Waals surface area (Å²) in [4.78, 5) is 11.0. The molecule has 10 nitrogen and oxygen atoms in total. The molecule has 0 aliphatic carbocycles. The van der Waals surface area contributed by atoms with Crippen molar-refractivity contribution in [1.82, 2.24) is 4.31 Å². The minimum absolute atomic E-state index is 0.0694. The molecule has 1 aliphatic rings. The van der Waals surface area contributed by atoms with Gasteiger partial charge in [0.15, 0.2) is 11.5 Å². The first-order chi connectivity index (χ1) is 20.4. The lowest BCUT2D eigenvalue weighted by atomic mass is 10.2. The maximum absolute atomic E-state index is 12.9. The minimum Gasteiger partial charge on any atom is -0.485 e. The predicted molar refractivity (Wildman–Crippen MR) is 160 cm³/mol. The summed E-state index contributed by atoms with van der Waals surface area (Å²) in [7, 11) is -3.80. The van der Waals surface area contributed by atoms with E-state index in [4.69, 9.17) is 9.47 Å². The number of nitrogens with zero attached hydrogens (tertiary/aromatic N) is 3. The molecule has 5 rings (SSSR count). The molecule has 4 aromatic rings. The Hall–Kier alpha value is -4.74. The number of anilines is 1. The van der Waals surface area contributed by atoms with Gasteiger partial charge in [-0.3, -0.25) is 15.5 Å². The molecular weight excluding hydrogens is 556 g/mol. The summed E-state index contributed by atoms with van der Waals surface area (Å²) in [5.74, 6) is 1.08. The van der Waals surface area contributed by atoms with Crippen LogP contribution in [0.1, 0.15) is 29.5 Å². The zero-order valence-electron chi connectivity index (χ0n) is 22.8. The third-order valence-electron chi connectivity index (χ3n) is 6.71. The van der Waals surface area contributed by atoms with E-state index in [-0.39, 0.29) is 16.3 Å². The number of hydrazone groups is 1. The second-order valence-electron chi connectivity index (χ2n) is 9.67. The van der Waals surface area contributed by atoms with Gasteiger partial charge in [0, 0.05) is 19.2 Å². The molecule has 0 aromatic heterocycles. The van der Waals surface area contributed by atoms with Crippen molar-refractivity contribution in [3.8, 4) is 11.5 Å². The topological polar surface area (TPSA) is 123 Å². The molecule has 0 spiro atoms. The van der Waals surface area contributed by atoms with Crippen LogP contribution >= 0.6 is 0 Å². The summed E-state index contributed by atoms with van der Waals surface area (Å²) in [6.45, 7) is 1.52. The van der Waals surface area contributed by atoms with Gasteiger partial charge in [0.05, 0.1) is 16.0 Å². The summed E-state index contributed by atoms with van der Waals surface area (Å²) in [5.41, 5.74) is 5.03. The van der Waals surface area contributed by atoms with E-state index in [2.05, 4.69) is 10.5 Å². The van der Waals surface area contributed by atoms with Crippen molar-refractivity contribution in [2.24, 2.45) is 5.10 Å². The molecule has 4 aromatic carbocycles. The fourth-order valence-corrected chi connectivity index (χ4v) is 6.02. The Morgan fingerprint density at radius 2 is 1.45 bits per heavy atom. The lowest BCUT2D eigenvalue weighted by Crippen LogP contribution is -2.27. The average Bonchev–Trinajstić information content (AvgIpc) is 3.57. The van der Waals surface area contributed by atoms with Crippen LogP contribution in [-0.4, -0.2) is 37.0 Å². The monoisotopic (exact) mass is 586 g/mol. The van der Waals surface area contributed by atoms with Gasteiger partial charge < -0.3 is 9.47 Å². The fourth-order valence-electron chi connectivity index (χ4n) is 4.48. The highest BCUT2D eigenvalue weighted by molar-refractivity contribution is 7.89. The Bertz CT molecular complexity index is 1660. The molecule has 0 unspecified atom stereocenters. The van der Waals surface area contributed by atoms with Gasteiger partial charge >= 0.3 is 0 Å². The molecule has 1 fully saturated rings. The highest BCUT2D eigenvalue weighted by Gasteiger charge is 2.29. The molecule has 0 amide bonds. The number of nitro benzene ring substituents is 1. The van der Waals surface area contributed by atoms with Gasteiger partial charge in [-0.15, -0.1) is 0 Å². The van der Waals surface area contributed by atoms with Gasteiger partial charge in [0.2, 0.25) is 10.0 Å². The molecule has 0 saturated carbocycles. The van der Waals surface area contributed by atoms with E-state index in [1.807, 2.05) is 60.7 Å². The minimum atomic E-state index is -3.80. The maximum Gasteiger partial charge on any atom is 0.295 e. The molecule has 0 radical (unpaired) electrons. The largest absolute Gasteiger partial charge is 0.485 e. The number of rotatable bonds is 12. The number of ether oxygens (including phenoxy) is 2. The summed E-state index contributed by atoms with van der Waals surface area (Å²) in [5, 5.41) is 15.9.